The number of nitrogens with zero attached hydrogens (tertiary/aromatic N) is 1. The zero-order valence-corrected chi connectivity index (χ0v) is 13.3. The number of hydrazone groups is 1. The summed E-state index contributed by atoms with van der Waals surface area (Å²) >= 11 is 0. The van der Waals surface area contributed by atoms with Crippen molar-refractivity contribution in [2.45, 2.75) is 13.3 Å². The van der Waals surface area contributed by atoms with Crippen LogP contribution in [0.15, 0.2) is 53.6 Å². The summed E-state index contributed by atoms with van der Waals surface area (Å²) in [6.45, 7) is 2.76. The Morgan fingerprint density at radius 2 is 1.96 bits per heavy atom. The van der Waals surface area contributed by atoms with E-state index in [9.17, 15) is 4.79 Å². The molecule has 2 aromatic carbocycles. The Bertz CT molecular complexity index is 666. The van der Waals surface area contributed by atoms with Gasteiger partial charge in [0.1, 0.15) is 11.5 Å². The van der Waals surface area contributed by atoms with E-state index in [0.29, 0.717) is 17.9 Å². The fraction of sp³-hybridized carbons (Fsp3) is 0.222. The highest BCUT2D eigenvalue weighted by molar-refractivity contribution is 5.95. The van der Waals surface area contributed by atoms with Gasteiger partial charge in [0.25, 0.3) is 5.91 Å². The van der Waals surface area contributed by atoms with Crippen molar-refractivity contribution in [2.24, 2.45) is 5.10 Å². The van der Waals surface area contributed by atoms with Gasteiger partial charge < -0.3 is 9.47 Å². The molecule has 5 nitrogen and oxygen atoms in total. The summed E-state index contributed by atoms with van der Waals surface area (Å²) in [7, 11) is 1.56. The lowest BCUT2D eigenvalue weighted by Crippen LogP contribution is -2.17. The molecule has 0 unspecified atom stereocenters. The van der Waals surface area contributed by atoms with E-state index in [2.05, 4.69) is 17.5 Å². The Balaban J connectivity index is 1.91. The average molecular weight is 312 g/mol. The number of carbonyl (C=O) groups is 1. The van der Waals surface area contributed by atoms with E-state index in [0.717, 1.165) is 17.7 Å². The van der Waals surface area contributed by atoms with E-state index in [1.165, 1.54) is 0 Å². The summed E-state index contributed by atoms with van der Waals surface area (Å²) in [4.78, 5) is 12.0. The fourth-order valence-electron chi connectivity index (χ4n) is 1.86. The Kier molecular flexibility index (Phi) is 6.17. The van der Waals surface area contributed by atoms with Crippen LogP contribution in [0.3, 0.4) is 0 Å². The Hall–Kier alpha value is -2.82. The molecule has 0 saturated carbocycles. The third-order valence-corrected chi connectivity index (χ3v) is 3.06. The minimum atomic E-state index is -0.289. The molecule has 0 spiro atoms. The Morgan fingerprint density at radius 1 is 1.17 bits per heavy atom. The first-order valence-electron chi connectivity index (χ1n) is 7.43. The fourth-order valence-corrected chi connectivity index (χ4v) is 1.86. The largest absolute Gasteiger partial charge is 0.497 e. The number of methoxy groups -OCH3 is 1. The van der Waals surface area contributed by atoms with Gasteiger partial charge >= 0.3 is 0 Å². The summed E-state index contributed by atoms with van der Waals surface area (Å²) in [5.74, 6) is 1.16. The lowest BCUT2D eigenvalue weighted by atomic mass is 10.2. The van der Waals surface area contributed by atoms with Gasteiger partial charge in [-0.2, -0.15) is 5.10 Å². The van der Waals surface area contributed by atoms with E-state index in [-0.39, 0.29) is 5.91 Å². The monoisotopic (exact) mass is 312 g/mol. The maximum absolute atomic E-state index is 12.0. The van der Waals surface area contributed by atoms with Gasteiger partial charge in [0.2, 0.25) is 0 Å². The predicted octanol–water partition coefficient (Wildman–Crippen LogP) is 3.25. The summed E-state index contributed by atoms with van der Waals surface area (Å²) in [6.07, 6.45) is 2.56. The van der Waals surface area contributed by atoms with Crippen molar-refractivity contribution in [1.29, 1.82) is 0 Å². The van der Waals surface area contributed by atoms with Crippen molar-refractivity contribution >= 4 is 12.1 Å². The molecule has 0 fully saturated rings. The van der Waals surface area contributed by atoms with Gasteiger partial charge in [-0.25, -0.2) is 5.43 Å². The van der Waals surface area contributed by atoms with E-state index >= 15 is 0 Å². The van der Waals surface area contributed by atoms with Crippen molar-refractivity contribution in [2.75, 3.05) is 13.7 Å². The van der Waals surface area contributed by atoms with Crippen molar-refractivity contribution in [3.05, 3.63) is 59.7 Å². The number of amides is 1. The molecular formula is C18H20N2O3. The molecule has 0 aliphatic carbocycles. The molecule has 0 atom stereocenters. The van der Waals surface area contributed by atoms with E-state index in [4.69, 9.17) is 9.47 Å². The van der Waals surface area contributed by atoms with Crippen LogP contribution in [0.2, 0.25) is 0 Å². The standard InChI is InChI=1S/C18H20N2O3/c1-3-11-23-16-9-7-14(8-10-16)13-19-20-18(21)15-5-4-6-17(12-15)22-2/h4-10,12-13H,3,11H2,1-2H3,(H,20,21). The van der Waals surface area contributed by atoms with Gasteiger partial charge in [0.05, 0.1) is 19.9 Å². The minimum Gasteiger partial charge on any atom is -0.497 e. The van der Waals surface area contributed by atoms with Gasteiger partial charge in [-0.3, -0.25) is 4.79 Å². The van der Waals surface area contributed by atoms with Crippen LogP contribution in [0.5, 0.6) is 11.5 Å². The zero-order chi connectivity index (χ0) is 16.5. The summed E-state index contributed by atoms with van der Waals surface area (Å²) in [5, 5.41) is 3.96. The lowest BCUT2D eigenvalue weighted by Gasteiger charge is -2.04. The van der Waals surface area contributed by atoms with Crippen LogP contribution in [-0.4, -0.2) is 25.8 Å². The van der Waals surface area contributed by atoms with Gasteiger partial charge in [0, 0.05) is 5.56 Å². The smallest absolute Gasteiger partial charge is 0.271 e. The molecule has 23 heavy (non-hydrogen) atoms. The van der Waals surface area contributed by atoms with Gasteiger partial charge in [0.15, 0.2) is 0 Å². The molecule has 120 valence electrons. The SMILES string of the molecule is CCCOc1ccc(C=NNC(=O)c2cccc(OC)c2)cc1. The molecule has 2 aromatic rings. The number of benzene rings is 2. The molecule has 2 rings (SSSR count). The maximum Gasteiger partial charge on any atom is 0.271 e. The Labute approximate surface area is 135 Å². The van der Waals surface area contributed by atoms with Crippen LogP contribution in [0, 0.1) is 0 Å². The highest BCUT2D eigenvalue weighted by atomic mass is 16.5. The van der Waals surface area contributed by atoms with Crippen molar-refractivity contribution in [1.82, 2.24) is 5.43 Å². The minimum absolute atomic E-state index is 0.289. The summed E-state index contributed by atoms with van der Waals surface area (Å²) in [5.41, 5.74) is 3.86. The molecule has 5 heteroatoms. The molecule has 1 amide bonds. The topological polar surface area (TPSA) is 59.9 Å². The molecule has 0 heterocycles. The highest BCUT2D eigenvalue weighted by Crippen LogP contribution is 2.13. The normalized spacial score (nSPS) is 10.5. The van der Waals surface area contributed by atoms with Gasteiger partial charge in [-0.1, -0.05) is 13.0 Å². The summed E-state index contributed by atoms with van der Waals surface area (Å²) < 4.78 is 10.6. The number of hydrogen-bond donors (Lipinski definition) is 1. The molecular weight excluding hydrogens is 292 g/mol. The first-order valence-corrected chi connectivity index (χ1v) is 7.43. The second kappa shape index (κ2) is 8.58. The third-order valence-electron chi connectivity index (χ3n) is 3.06. The molecule has 0 bridgehead atoms. The molecule has 0 saturated heterocycles. The lowest BCUT2D eigenvalue weighted by molar-refractivity contribution is 0.0955. The van der Waals surface area contributed by atoms with Crippen LogP contribution in [0.1, 0.15) is 29.3 Å². The van der Waals surface area contributed by atoms with Crippen LogP contribution in [-0.2, 0) is 0 Å². The molecule has 0 aliphatic heterocycles. The van der Waals surface area contributed by atoms with Crippen LogP contribution < -0.4 is 14.9 Å². The third kappa shape index (κ3) is 5.14. The highest BCUT2D eigenvalue weighted by Gasteiger charge is 2.04. The number of hydrogen-bond acceptors (Lipinski definition) is 4. The van der Waals surface area contributed by atoms with Crippen LogP contribution in [0.4, 0.5) is 0 Å². The van der Waals surface area contributed by atoms with E-state index in [1.54, 1.807) is 37.6 Å². The van der Waals surface area contributed by atoms with E-state index in [1.807, 2.05) is 24.3 Å². The van der Waals surface area contributed by atoms with Crippen molar-refractivity contribution < 1.29 is 14.3 Å². The second-order valence-electron chi connectivity index (χ2n) is 4.85. The van der Waals surface area contributed by atoms with Crippen molar-refractivity contribution in [3.63, 3.8) is 0 Å². The number of nitrogens with one attached hydrogen (secondary N) is 1. The molecule has 0 aliphatic rings. The Morgan fingerprint density at radius 3 is 2.65 bits per heavy atom. The van der Waals surface area contributed by atoms with Crippen LogP contribution >= 0.6 is 0 Å². The second-order valence-corrected chi connectivity index (χ2v) is 4.85. The number of ether oxygens (including phenoxy) is 2. The van der Waals surface area contributed by atoms with Crippen molar-refractivity contribution in [3.8, 4) is 11.5 Å². The molecule has 0 aromatic heterocycles. The van der Waals surface area contributed by atoms with Gasteiger partial charge in [-0.05, 0) is 54.4 Å². The maximum atomic E-state index is 12.0. The quantitative estimate of drug-likeness (QED) is 0.630. The zero-order valence-electron chi connectivity index (χ0n) is 13.3. The summed E-state index contributed by atoms with van der Waals surface area (Å²) in [6, 6.07) is 14.4. The average Bonchev–Trinajstić information content (AvgIpc) is 2.61. The van der Waals surface area contributed by atoms with E-state index < -0.39 is 0 Å². The first kappa shape index (κ1) is 16.5. The number of carbonyl (C=O) groups excluding carboxylic acids is 1. The first-order chi connectivity index (χ1) is 11.2. The molecule has 1 N–H and O–H groups in total. The van der Waals surface area contributed by atoms with Crippen LogP contribution in [0.25, 0.3) is 0 Å². The number of rotatable bonds is 7. The predicted molar refractivity (Wildman–Crippen MR) is 90.3 cm³/mol. The molecule has 0 radical (unpaired) electrons. The van der Waals surface area contributed by atoms with Gasteiger partial charge in [-0.15, -0.1) is 0 Å².